The average molecular weight is 268 g/mol. The minimum Gasteiger partial charge on any atom is -0.425 e. The topological polar surface area (TPSA) is 91.5 Å². The summed E-state index contributed by atoms with van der Waals surface area (Å²) in [6, 6.07) is 13.6. The summed E-state index contributed by atoms with van der Waals surface area (Å²) in [5.41, 5.74) is 13.0. The number of nitrogen functional groups attached to an aromatic ring is 2. The van der Waals surface area contributed by atoms with E-state index in [1.165, 1.54) is 12.1 Å². The predicted octanol–water partition coefficient (Wildman–Crippen LogP) is 2.82. The van der Waals surface area contributed by atoms with Crippen LogP contribution in [-0.2, 0) is 0 Å². The Morgan fingerprint density at radius 3 is 2.40 bits per heavy atom. The SMILES string of the molecule is Nc1cc(N)cc(C(=O)Oc2cc3ccccc3o2)c1. The maximum Gasteiger partial charge on any atom is 0.346 e. The van der Waals surface area contributed by atoms with Crippen LogP contribution >= 0.6 is 0 Å². The Hall–Kier alpha value is -2.95. The van der Waals surface area contributed by atoms with Gasteiger partial charge in [0.05, 0.1) is 5.56 Å². The summed E-state index contributed by atoms with van der Waals surface area (Å²) < 4.78 is 10.6. The standard InChI is InChI=1S/C15H12N2O3/c16-11-5-10(6-12(17)8-11)15(18)20-14-7-9-3-1-2-4-13(9)19-14/h1-8H,16-17H2. The van der Waals surface area contributed by atoms with Gasteiger partial charge in [-0.3, -0.25) is 0 Å². The third-order valence-electron chi connectivity index (χ3n) is 2.81. The molecule has 0 spiro atoms. The summed E-state index contributed by atoms with van der Waals surface area (Å²) in [5, 5.41) is 0.863. The smallest absolute Gasteiger partial charge is 0.346 e. The molecule has 0 saturated carbocycles. The fourth-order valence-electron chi connectivity index (χ4n) is 1.95. The second kappa shape index (κ2) is 4.62. The van der Waals surface area contributed by atoms with Gasteiger partial charge in [0, 0.05) is 22.8 Å². The first kappa shape index (κ1) is 12.1. The van der Waals surface area contributed by atoms with Crippen LogP contribution in [0, 0.1) is 0 Å². The van der Waals surface area contributed by atoms with Crippen LogP contribution in [0.3, 0.4) is 0 Å². The molecule has 1 aromatic heterocycles. The van der Waals surface area contributed by atoms with Crippen molar-refractivity contribution in [3.63, 3.8) is 0 Å². The van der Waals surface area contributed by atoms with E-state index < -0.39 is 5.97 Å². The first-order chi connectivity index (χ1) is 9.61. The van der Waals surface area contributed by atoms with E-state index >= 15 is 0 Å². The molecule has 0 aliphatic carbocycles. The number of ether oxygens (including phenoxy) is 1. The number of nitrogens with two attached hydrogens (primary N) is 2. The lowest BCUT2D eigenvalue weighted by Gasteiger charge is -2.03. The molecule has 0 saturated heterocycles. The Balaban J connectivity index is 1.88. The Morgan fingerprint density at radius 2 is 1.70 bits per heavy atom. The molecular formula is C15H12N2O3. The number of hydrogen-bond acceptors (Lipinski definition) is 5. The lowest BCUT2D eigenvalue weighted by molar-refractivity contribution is 0.0697. The van der Waals surface area contributed by atoms with E-state index in [1.807, 2.05) is 18.2 Å². The van der Waals surface area contributed by atoms with Crippen molar-refractivity contribution in [2.45, 2.75) is 0 Å². The van der Waals surface area contributed by atoms with Crippen molar-refractivity contribution >= 4 is 28.3 Å². The third-order valence-corrected chi connectivity index (χ3v) is 2.81. The van der Waals surface area contributed by atoms with Crippen molar-refractivity contribution < 1.29 is 13.9 Å². The van der Waals surface area contributed by atoms with Crippen LogP contribution in [0.2, 0.25) is 0 Å². The van der Waals surface area contributed by atoms with E-state index in [1.54, 1.807) is 18.2 Å². The molecular weight excluding hydrogens is 256 g/mol. The molecule has 100 valence electrons. The van der Waals surface area contributed by atoms with Gasteiger partial charge in [0.1, 0.15) is 5.58 Å². The first-order valence-electron chi connectivity index (χ1n) is 5.98. The summed E-state index contributed by atoms with van der Waals surface area (Å²) in [6.45, 7) is 0. The molecule has 0 radical (unpaired) electrons. The molecule has 3 rings (SSSR count). The van der Waals surface area contributed by atoms with Gasteiger partial charge >= 0.3 is 5.97 Å². The quantitative estimate of drug-likeness (QED) is 0.550. The predicted molar refractivity (Wildman–Crippen MR) is 76.4 cm³/mol. The maximum absolute atomic E-state index is 12.0. The van der Waals surface area contributed by atoms with Crippen LogP contribution < -0.4 is 16.2 Å². The van der Waals surface area contributed by atoms with Gasteiger partial charge in [-0.05, 0) is 24.3 Å². The van der Waals surface area contributed by atoms with E-state index in [0.29, 0.717) is 17.0 Å². The summed E-state index contributed by atoms with van der Waals surface area (Å²) in [7, 11) is 0. The average Bonchev–Trinajstić information content (AvgIpc) is 2.79. The third kappa shape index (κ3) is 2.29. The molecule has 0 fully saturated rings. The second-order valence-electron chi connectivity index (χ2n) is 4.38. The summed E-state index contributed by atoms with van der Waals surface area (Å²) in [5.74, 6) is -0.430. The fraction of sp³-hybridized carbons (Fsp3) is 0. The monoisotopic (exact) mass is 268 g/mol. The molecule has 0 amide bonds. The van der Waals surface area contributed by atoms with Crippen molar-refractivity contribution in [3.05, 3.63) is 54.1 Å². The molecule has 0 atom stereocenters. The molecule has 5 nitrogen and oxygen atoms in total. The molecule has 4 N–H and O–H groups in total. The van der Waals surface area contributed by atoms with E-state index in [2.05, 4.69) is 0 Å². The molecule has 0 aliphatic heterocycles. The Kier molecular flexibility index (Phi) is 2.80. The van der Waals surface area contributed by atoms with Crippen LogP contribution in [0.15, 0.2) is 52.9 Å². The molecule has 2 aromatic carbocycles. The highest BCUT2D eigenvalue weighted by Crippen LogP contribution is 2.25. The zero-order valence-electron chi connectivity index (χ0n) is 10.5. The number of benzene rings is 2. The van der Waals surface area contributed by atoms with E-state index in [9.17, 15) is 4.79 Å². The lowest BCUT2D eigenvalue weighted by Crippen LogP contribution is -2.09. The highest BCUT2D eigenvalue weighted by Gasteiger charge is 2.13. The molecule has 0 bridgehead atoms. The number of carbonyl (C=O) groups is 1. The molecule has 5 heteroatoms. The van der Waals surface area contributed by atoms with Gasteiger partial charge in [-0.25, -0.2) is 4.79 Å². The number of fused-ring (bicyclic) bond motifs is 1. The maximum atomic E-state index is 12.0. The fourth-order valence-corrected chi connectivity index (χ4v) is 1.95. The van der Waals surface area contributed by atoms with Gasteiger partial charge in [0.15, 0.2) is 0 Å². The summed E-state index contributed by atoms with van der Waals surface area (Å²) in [6.07, 6.45) is 0. The molecule has 0 aliphatic rings. The van der Waals surface area contributed by atoms with Gasteiger partial charge < -0.3 is 20.6 Å². The number of esters is 1. The normalized spacial score (nSPS) is 10.6. The molecule has 1 heterocycles. The number of rotatable bonds is 2. The Labute approximate surface area is 114 Å². The van der Waals surface area contributed by atoms with Crippen molar-refractivity contribution in [1.29, 1.82) is 0 Å². The minimum atomic E-state index is -0.567. The second-order valence-corrected chi connectivity index (χ2v) is 4.38. The molecule has 0 unspecified atom stereocenters. The highest BCUT2D eigenvalue weighted by atomic mass is 16.6. The van der Waals surface area contributed by atoms with Gasteiger partial charge in [0.25, 0.3) is 5.95 Å². The van der Waals surface area contributed by atoms with Gasteiger partial charge in [-0.2, -0.15) is 0 Å². The number of para-hydroxylation sites is 1. The van der Waals surface area contributed by atoms with Crippen LogP contribution in [-0.4, -0.2) is 5.97 Å². The zero-order chi connectivity index (χ0) is 14.1. The number of anilines is 2. The van der Waals surface area contributed by atoms with Gasteiger partial charge in [0.2, 0.25) is 0 Å². The Morgan fingerprint density at radius 1 is 1.00 bits per heavy atom. The molecule has 20 heavy (non-hydrogen) atoms. The number of hydrogen-bond donors (Lipinski definition) is 2. The van der Waals surface area contributed by atoms with E-state index in [0.717, 1.165) is 5.39 Å². The summed E-state index contributed by atoms with van der Waals surface area (Å²) >= 11 is 0. The van der Waals surface area contributed by atoms with Crippen LogP contribution in [0.5, 0.6) is 5.95 Å². The summed E-state index contributed by atoms with van der Waals surface area (Å²) in [4.78, 5) is 12.0. The van der Waals surface area contributed by atoms with Crippen molar-refractivity contribution in [1.82, 2.24) is 0 Å². The largest absolute Gasteiger partial charge is 0.425 e. The van der Waals surface area contributed by atoms with Crippen molar-refractivity contribution in [2.24, 2.45) is 0 Å². The zero-order valence-corrected chi connectivity index (χ0v) is 10.5. The van der Waals surface area contributed by atoms with Crippen molar-refractivity contribution in [2.75, 3.05) is 11.5 Å². The first-order valence-corrected chi connectivity index (χ1v) is 5.98. The van der Waals surface area contributed by atoms with Crippen LogP contribution in [0.4, 0.5) is 11.4 Å². The van der Waals surface area contributed by atoms with Gasteiger partial charge in [-0.15, -0.1) is 0 Å². The minimum absolute atomic E-state index is 0.136. The van der Waals surface area contributed by atoms with E-state index in [4.69, 9.17) is 20.6 Å². The Bertz CT molecular complexity index is 739. The van der Waals surface area contributed by atoms with Crippen molar-refractivity contribution in [3.8, 4) is 5.95 Å². The molecule has 3 aromatic rings. The number of furan rings is 1. The lowest BCUT2D eigenvalue weighted by atomic mass is 10.2. The van der Waals surface area contributed by atoms with Crippen LogP contribution in [0.25, 0.3) is 11.0 Å². The van der Waals surface area contributed by atoms with Crippen LogP contribution in [0.1, 0.15) is 10.4 Å². The van der Waals surface area contributed by atoms with E-state index in [-0.39, 0.29) is 11.5 Å². The highest BCUT2D eigenvalue weighted by molar-refractivity contribution is 5.93. The number of carbonyl (C=O) groups excluding carboxylic acids is 1. The van der Waals surface area contributed by atoms with Gasteiger partial charge in [-0.1, -0.05) is 18.2 Å².